The van der Waals surface area contributed by atoms with Crippen molar-refractivity contribution >= 4 is 0 Å². The Labute approximate surface area is 127 Å². The van der Waals surface area contributed by atoms with Crippen molar-refractivity contribution in [3.8, 4) is 0 Å². The summed E-state index contributed by atoms with van der Waals surface area (Å²) in [7, 11) is 0. The molecule has 0 atom stereocenters. The highest BCUT2D eigenvalue weighted by molar-refractivity contribution is 5.26. The average molecular weight is 293 g/mol. The summed E-state index contributed by atoms with van der Waals surface area (Å²) in [4.78, 5) is 9.54. The lowest BCUT2D eigenvalue weighted by atomic mass is 9.92. The molecular formula is C16H27N3O2. The van der Waals surface area contributed by atoms with E-state index in [-0.39, 0.29) is 5.60 Å². The molecule has 0 bridgehead atoms. The number of nitrogens with one attached hydrogen (secondary N) is 1. The van der Waals surface area contributed by atoms with Crippen LogP contribution in [0, 0.1) is 13.8 Å². The second-order valence-corrected chi connectivity index (χ2v) is 5.52. The van der Waals surface area contributed by atoms with E-state index in [1.54, 1.807) is 0 Å². The maximum atomic E-state index is 6.07. The summed E-state index contributed by atoms with van der Waals surface area (Å²) in [6.07, 6.45) is 1.65. The molecule has 1 aromatic heterocycles. The molecule has 1 saturated heterocycles. The molecule has 0 amide bonds. The van der Waals surface area contributed by atoms with Crippen LogP contribution in [0.4, 0.5) is 0 Å². The molecule has 0 saturated carbocycles. The molecule has 118 valence electrons. The molecule has 1 aliphatic rings. The highest BCUT2D eigenvalue weighted by Gasteiger charge is 2.38. The lowest BCUT2D eigenvalue weighted by Gasteiger charge is -2.35. The molecule has 1 aromatic rings. The molecule has 5 nitrogen and oxygen atoms in total. The van der Waals surface area contributed by atoms with Crippen molar-refractivity contribution in [2.75, 3.05) is 26.4 Å². The fourth-order valence-electron chi connectivity index (χ4n) is 2.86. The average Bonchev–Trinajstić information content (AvgIpc) is 2.47. The smallest absolute Gasteiger partial charge is 0.160 e. The van der Waals surface area contributed by atoms with E-state index in [2.05, 4.69) is 26.1 Å². The summed E-state index contributed by atoms with van der Waals surface area (Å²) >= 11 is 0. The van der Waals surface area contributed by atoms with E-state index in [4.69, 9.17) is 19.4 Å². The van der Waals surface area contributed by atoms with Crippen LogP contribution >= 0.6 is 0 Å². The minimum absolute atomic E-state index is 0.376. The number of aryl methyl sites for hydroxylation is 2. The predicted molar refractivity (Wildman–Crippen MR) is 82.2 cm³/mol. The van der Waals surface area contributed by atoms with Crippen LogP contribution < -0.4 is 5.32 Å². The van der Waals surface area contributed by atoms with E-state index in [0.717, 1.165) is 43.1 Å². The van der Waals surface area contributed by atoms with Crippen molar-refractivity contribution in [1.29, 1.82) is 0 Å². The first-order valence-electron chi connectivity index (χ1n) is 7.90. The molecule has 0 spiro atoms. The molecule has 0 aromatic carbocycles. The van der Waals surface area contributed by atoms with Crippen molar-refractivity contribution in [2.24, 2.45) is 0 Å². The van der Waals surface area contributed by atoms with Gasteiger partial charge in [-0.25, -0.2) is 9.97 Å². The standard InChI is InChI=1S/C16H27N3O2/c1-5-17-11-14-12(3)18-15(19-13(14)4)16(21-6-2)7-9-20-10-8-16/h17H,5-11H2,1-4H3. The van der Waals surface area contributed by atoms with E-state index < -0.39 is 0 Å². The fourth-order valence-corrected chi connectivity index (χ4v) is 2.86. The molecule has 0 radical (unpaired) electrons. The first kappa shape index (κ1) is 16.3. The lowest BCUT2D eigenvalue weighted by molar-refractivity contribution is -0.118. The lowest BCUT2D eigenvalue weighted by Crippen LogP contribution is -2.39. The molecule has 2 heterocycles. The van der Waals surface area contributed by atoms with Gasteiger partial charge in [0.2, 0.25) is 0 Å². The number of ether oxygens (including phenoxy) is 2. The monoisotopic (exact) mass is 293 g/mol. The van der Waals surface area contributed by atoms with Crippen LogP contribution in [0.15, 0.2) is 0 Å². The number of hydrogen-bond donors (Lipinski definition) is 1. The zero-order chi connectivity index (χ0) is 15.3. The molecule has 1 aliphatic heterocycles. The maximum Gasteiger partial charge on any atom is 0.160 e. The molecule has 2 rings (SSSR count). The van der Waals surface area contributed by atoms with Crippen LogP contribution in [0.2, 0.25) is 0 Å². The number of nitrogens with zero attached hydrogens (tertiary/aromatic N) is 2. The minimum atomic E-state index is -0.376. The first-order valence-corrected chi connectivity index (χ1v) is 7.90. The largest absolute Gasteiger partial charge is 0.381 e. The molecular weight excluding hydrogens is 266 g/mol. The third-order valence-electron chi connectivity index (χ3n) is 4.10. The normalized spacial score (nSPS) is 17.9. The van der Waals surface area contributed by atoms with Gasteiger partial charge in [0.1, 0.15) is 5.60 Å². The number of hydrogen-bond acceptors (Lipinski definition) is 5. The van der Waals surface area contributed by atoms with Crippen molar-refractivity contribution in [1.82, 2.24) is 15.3 Å². The zero-order valence-electron chi connectivity index (χ0n) is 13.7. The van der Waals surface area contributed by atoms with Gasteiger partial charge in [-0.2, -0.15) is 0 Å². The third-order valence-corrected chi connectivity index (χ3v) is 4.10. The minimum Gasteiger partial charge on any atom is -0.381 e. The Bertz CT molecular complexity index is 442. The van der Waals surface area contributed by atoms with Gasteiger partial charge in [0.25, 0.3) is 0 Å². The molecule has 21 heavy (non-hydrogen) atoms. The maximum absolute atomic E-state index is 6.07. The third kappa shape index (κ3) is 3.59. The van der Waals surface area contributed by atoms with Crippen LogP contribution in [0.5, 0.6) is 0 Å². The van der Waals surface area contributed by atoms with Crippen LogP contribution in [0.3, 0.4) is 0 Å². The van der Waals surface area contributed by atoms with Crippen molar-refractivity contribution < 1.29 is 9.47 Å². The number of rotatable bonds is 6. The number of aromatic nitrogens is 2. The van der Waals surface area contributed by atoms with Gasteiger partial charge in [-0.15, -0.1) is 0 Å². The Morgan fingerprint density at radius 1 is 1.14 bits per heavy atom. The van der Waals surface area contributed by atoms with Gasteiger partial charge in [0, 0.05) is 56.2 Å². The molecule has 0 unspecified atom stereocenters. The fraction of sp³-hybridized carbons (Fsp3) is 0.750. The summed E-state index contributed by atoms with van der Waals surface area (Å²) in [6, 6.07) is 0. The quantitative estimate of drug-likeness (QED) is 0.872. The van der Waals surface area contributed by atoms with Crippen molar-refractivity contribution in [3.05, 3.63) is 22.8 Å². The van der Waals surface area contributed by atoms with Gasteiger partial charge < -0.3 is 14.8 Å². The van der Waals surface area contributed by atoms with E-state index >= 15 is 0 Å². The highest BCUT2D eigenvalue weighted by atomic mass is 16.5. The van der Waals surface area contributed by atoms with E-state index in [9.17, 15) is 0 Å². The zero-order valence-corrected chi connectivity index (χ0v) is 13.7. The van der Waals surface area contributed by atoms with Gasteiger partial charge in [-0.05, 0) is 27.3 Å². The van der Waals surface area contributed by atoms with Gasteiger partial charge in [0.15, 0.2) is 5.82 Å². The van der Waals surface area contributed by atoms with Crippen LogP contribution in [-0.2, 0) is 21.6 Å². The van der Waals surface area contributed by atoms with E-state index in [1.807, 2.05) is 6.92 Å². The van der Waals surface area contributed by atoms with Gasteiger partial charge in [-0.3, -0.25) is 0 Å². The van der Waals surface area contributed by atoms with Gasteiger partial charge in [0.05, 0.1) is 0 Å². The first-order chi connectivity index (χ1) is 10.1. The molecule has 1 fully saturated rings. The molecule has 0 aliphatic carbocycles. The summed E-state index contributed by atoms with van der Waals surface area (Å²) in [5.74, 6) is 0.822. The van der Waals surface area contributed by atoms with E-state index in [1.165, 1.54) is 5.56 Å². The molecule has 5 heteroatoms. The Morgan fingerprint density at radius 2 is 1.76 bits per heavy atom. The Balaban J connectivity index is 2.33. The van der Waals surface area contributed by atoms with Crippen LogP contribution in [0.25, 0.3) is 0 Å². The van der Waals surface area contributed by atoms with Crippen molar-refractivity contribution in [3.63, 3.8) is 0 Å². The second-order valence-electron chi connectivity index (χ2n) is 5.52. The van der Waals surface area contributed by atoms with Crippen molar-refractivity contribution in [2.45, 2.75) is 52.7 Å². The van der Waals surface area contributed by atoms with Gasteiger partial charge in [-0.1, -0.05) is 6.92 Å². The van der Waals surface area contributed by atoms with Gasteiger partial charge >= 0.3 is 0 Å². The second kappa shape index (κ2) is 7.29. The van der Waals surface area contributed by atoms with Crippen LogP contribution in [0.1, 0.15) is 49.5 Å². The molecule has 1 N–H and O–H groups in total. The Hall–Kier alpha value is -1.04. The Morgan fingerprint density at radius 3 is 2.29 bits per heavy atom. The van der Waals surface area contributed by atoms with E-state index in [0.29, 0.717) is 19.8 Å². The topological polar surface area (TPSA) is 56.3 Å². The SMILES string of the molecule is CCNCc1c(C)nc(C2(OCC)CCOCC2)nc1C. The summed E-state index contributed by atoms with van der Waals surface area (Å²) in [6.45, 7) is 12.1. The summed E-state index contributed by atoms with van der Waals surface area (Å²) in [5.41, 5.74) is 2.91. The highest BCUT2D eigenvalue weighted by Crippen LogP contribution is 2.34. The Kier molecular flexibility index (Phi) is 5.67. The summed E-state index contributed by atoms with van der Waals surface area (Å²) < 4.78 is 11.6. The predicted octanol–water partition coefficient (Wildman–Crippen LogP) is 2.25. The van der Waals surface area contributed by atoms with Crippen LogP contribution in [-0.4, -0.2) is 36.3 Å². The summed E-state index contributed by atoms with van der Waals surface area (Å²) in [5, 5.41) is 3.35.